The van der Waals surface area contributed by atoms with Gasteiger partial charge in [-0.2, -0.15) is 0 Å². The second-order valence-electron chi connectivity index (χ2n) is 8.93. The van der Waals surface area contributed by atoms with Crippen molar-refractivity contribution >= 4 is 17.7 Å². The number of H-pyrrole nitrogens is 1. The van der Waals surface area contributed by atoms with Crippen LogP contribution in [0.5, 0.6) is 0 Å². The number of likely N-dealkylation sites (tertiary alicyclic amines) is 1. The number of methoxy groups -OCH3 is 1. The van der Waals surface area contributed by atoms with Gasteiger partial charge in [-0.1, -0.05) is 50.2 Å². The van der Waals surface area contributed by atoms with Crippen molar-refractivity contribution in [3.05, 3.63) is 60.6 Å². The average Bonchev–Trinajstić information content (AvgIpc) is 3.52. The zero-order chi connectivity index (χ0) is 24.2. The molecule has 0 spiro atoms. The zero-order valence-corrected chi connectivity index (χ0v) is 19.7. The second kappa shape index (κ2) is 9.99. The lowest BCUT2D eigenvalue weighted by Crippen LogP contribution is -2.51. The number of carbonyl (C=O) groups is 2. The first-order valence-corrected chi connectivity index (χ1v) is 11.5. The summed E-state index contributed by atoms with van der Waals surface area (Å²) in [5, 5.41) is 2.68. The van der Waals surface area contributed by atoms with E-state index in [1.165, 1.54) is 7.11 Å². The molecule has 2 atom stereocenters. The molecule has 4 N–H and O–H groups in total. The van der Waals surface area contributed by atoms with Crippen molar-refractivity contribution in [2.45, 2.75) is 38.8 Å². The minimum Gasteiger partial charge on any atom is -0.453 e. The van der Waals surface area contributed by atoms with E-state index in [0.717, 1.165) is 46.7 Å². The van der Waals surface area contributed by atoms with Crippen LogP contribution in [-0.2, 0) is 9.53 Å². The molecule has 1 saturated heterocycles. The van der Waals surface area contributed by atoms with Gasteiger partial charge in [0, 0.05) is 12.2 Å². The summed E-state index contributed by atoms with van der Waals surface area (Å²) in [5.41, 5.74) is 10.6. The molecule has 0 aliphatic carbocycles. The van der Waals surface area contributed by atoms with E-state index in [-0.39, 0.29) is 17.9 Å². The SMILES string of the molecule is COC(=O)N[C@@H](C(=O)N1CCC[C@@H]1c1ncc(-c2ccc(-c3ccc(N)cc3)cc2)[nH]1)C(C)C. The molecule has 0 bridgehead atoms. The van der Waals surface area contributed by atoms with Crippen LogP contribution in [0.1, 0.15) is 38.6 Å². The molecule has 0 saturated carbocycles. The molecule has 178 valence electrons. The Bertz CT molecular complexity index is 1140. The summed E-state index contributed by atoms with van der Waals surface area (Å²) in [6, 6.07) is 15.2. The molecular weight excluding hydrogens is 430 g/mol. The van der Waals surface area contributed by atoms with Gasteiger partial charge >= 0.3 is 6.09 Å². The van der Waals surface area contributed by atoms with E-state index in [4.69, 9.17) is 10.5 Å². The van der Waals surface area contributed by atoms with E-state index in [0.29, 0.717) is 6.54 Å². The number of hydrogen-bond acceptors (Lipinski definition) is 5. The summed E-state index contributed by atoms with van der Waals surface area (Å²) in [6.07, 6.45) is 2.90. The Kier molecular flexibility index (Phi) is 6.86. The quantitative estimate of drug-likeness (QED) is 0.472. The van der Waals surface area contributed by atoms with E-state index < -0.39 is 12.1 Å². The van der Waals surface area contributed by atoms with E-state index in [9.17, 15) is 9.59 Å². The van der Waals surface area contributed by atoms with E-state index in [1.807, 2.05) is 43.0 Å². The van der Waals surface area contributed by atoms with Gasteiger partial charge in [-0.3, -0.25) is 4.79 Å². The van der Waals surface area contributed by atoms with Crippen molar-refractivity contribution in [3.8, 4) is 22.4 Å². The van der Waals surface area contributed by atoms with Crippen LogP contribution >= 0.6 is 0 Å². The number of nitrogens with zero attached hydrogens (tertiary/aromatic N) is 2. The Morgan fingerprint density at radius 1 is 1.09 bits per heavy atom. The molecule has 0 unspecified atom stereocenters. The van der Waals surface area contributed by atoms with E-state index >= 15 is 0 Å². The number of nitrogens with two attached hydrogens (primary N) is 1. The molecule has 1 fully saturated rings. The Hall–Kier alpha value is -3.81. The summed E-state index contributed by atoms with van der Waals surface area (Å²) in [5.74, 6) is 0.567. The van der Waals surface area contributed by atoms with Crippen LogP contribution in [0.15, 0.2) is 54.7 Å². The fourth-order valence-corrected chi connectivity index (χ4v) is 4.36. The third kappa shape index (κ3) is 4.90. The van der Waals surface area contributed by atoms with Crippen molar-refractivity contribution in [1.29, 1.82) is 0 Å². The van der Waals surface area contributed by atoms with Gasteiger partial charge in [-0.25, -0.2) is 9.78 Å². The lowest BCUT2D eigenvalue weighted by Gasteiger charge is -2.30. The fraction of sp³-hybridized carbons (Fsp3) is 0.346. The predicted molar refractivity (Wildman–Crippen MR) is 132 cm³/mol. The number of anilines is 1. The normalized spacial score (nSPS) is 16.5. The van der Waals surface area contributed by atoms with Gasteiger partial charge in [0.1, 0.15) is 11.9 Å². The highest BCUT2D eigenvalue weighted by atomic mass is 16.5. The lowest BCUT2D eigenvalue weighted by atomic mass is 10.0. The number of aromatic amines is 1. The molecule has 0 radical (unpaired) electrons. The van der Waals surface area contributed by atoms with Crippen molar-refractivity contribution in [1.82, 2.24) is 20.2 Å². The average molecular weight is 462 g/mol. The number of nitrogen functional groups attached to an aromatic ring is 1. The summed E-state index contributed by atoms with van der Waals surface area (Å²) in [6.45, 7) is 4.44. The largest absolute Gasteiger partial charge is 0.453 e. The number of benzene rings is 2. The standard InChI is InChI=1S/C26H31N5O3/c1-16(2)23(30-26(33)34-3)25(32)31-14-4-5-22(31)24-28-15-21(29-24)19-8-6-17(7-9-19)18-10-12-20(27)13-11-18/h6-13,15-16,22-23H,4-5,14,27H2,1-3H3,(H,28,29)(H,30,33)/t22-,23-/m1/s1. The van der Waals surface area contributed by atoms with Gasteiger partial charge in [-0.05, 0) is 47.6 Å². The van der Waals surface area contributed by atoms with Gasteiger partial charge in [0.2, 0.25) is 5.91 Å². The lowest BCUT2D eigenvalue weighted by molar-refractivity contribution is -0.135. The summed E-state index contributed by atoms with van der Waals surface area (Å²) < 4.78 is 4.70. The number of imidazole rings is 1. The number of alkyl carbamates (subject to hydrolysis) is 1. The molecule has 2 heterocycles. The van der Waals surface area contributed by atoms with Gasteiger partial charge in [-0.15, -0.1) is 0 Å². The summed E-state index contributed by atoms with van der Waals surface area (Å²) in [4.78, 5) is 34.9. The molecule has 2 amide bonds. The van der Waals surface area contributed by atoms with Crippen molar-refractivity contribution in [3.63, 3.8) is 0 Å². The van der Waals surface area contributed by atoms with Crippen molar-refractivity contribution in [2.75, 3.05) is 19.4 Å². The maximum Gasteiger partial charge on any atom is 0.407 e. The second-order valence-corrected chi connectivity index (χ2v) is 8.93. The van der Waals surface area contributed by atoms with Crippen molar-refractivity contribution < 1.29 is 14.3 Å². The molecule has 1 aliphatic rings. The number of nitrogens with one attached hydrogen (secondary N) is 2. The molecule has 8 nitrogen and oxygen atoms in total. The topological polar surface area (TPSA) is 113 Å². The zero-order valence-electron chi connectivity index (χ0n) is 19.7. The van der Waals surface area contributed by atoms with E-state index in [1.54, 1.807) is 6.20 Å². The molecule has 4 rings (SSSR count). The van der Waals surface area contributed by atoms with Crippen LogP contribution in [0.25, 0.3) is 22.4 Å². The molecule has 34 heavy (non-hydrogen) atoms. The fourth-order valence-electron chi connectivity index (χ4n) is 4.36. The number of hydrogen-bond donors (Lipinski definition) is 3. The van der Waals surface area contributed by atoms with Crippen LogP contribution in [-0.4, -0.2) is 46.6 Å². The summed E-state index contributed by atoms with van der Waals surface area (Å²) >= 11 is 0. The number of ether oxygens (including phenoxy) is 1. The first kappa shape index (κ1) is 23.4. The Balaban J connectivity index is 1.51. The van der Waals surface area contributed by atoms with Gasteiger partial charge in [0.25, 0.3) is 0 Å². The number of rotatable bonds is 6. The van der Waals surface area contributed by atoms with Gasteiger partial charge < -0.3 is 25.7 Å². The van der Waals surface area contributed by atoms with Crippen LogP contribution < -0.4 is 11.1 Å². The van der Waals surface area contributed by atoms with Crippen molar-refractivity contribution in [2.24, 2.45) is 5.92 Å². The number of carbonyl (C=O) groups excluding carboxylic acids is 2. The number of amides is 2. The Labute approximate surface area is 199 Å². The predicted octanol–water partition coefficient (Wildman–Crippen LogP) is 4.37. The third-order valence-electron chi connectivity index (χ3n) is 6.28. The highest BCUT2D eigenvalue weighted by Gasteiger charge is 2.37. The highest BCUT2D eigenvalue weighted by molar-refractivity contribution is 5.86. The van der Waals surface area contributed by atoms with Crippen LogP contribution in [0.4, 0.5) is 10.5 Å². The third-order valence-corrected chi connectivity index (χ3v) is 6.28. The smallest absolute Gasteiger partial charge is 0.407 e. The highest BCUT2D eigenvalue weighted by Crippen LogP contribution is 2.33. The molecule has 1 aliphatic heterocycles. The molecule has 1 aromatic heterocycles. The molecular formula is C26H31N5O3. The minimum absolute atomic E-state index is 0.0698. The first-order chi connectivity index (χ1) is 16.4. The van der Waals surface area contributed by atoms with Gasteiger partial charge in [0.05, 0.1) is 25.0 Å². The number of aromatic nitrogens is 2. The summed E-state index contributed by atoms with van der Waals surface area (Å²) in [7, 11) is 1.29. The molecule has 2 aromatic carbocycles. The Morgan fingerprint density at radius 2 is 1.71 bits per heavy atom. The first-order valence-electron chi connectivity index (χ1n) is 11.5. The molecule has 8 heteroatoms. The van der Waals surface area contributed by atoms with Gasteiger partial charge in [0.15, 0.2) is 0 Å². The van der Waals surface area contributed by atoms with Crippen LogP contribution in [0.2, 0.25) is 0 Å². The maximum absolute atomic E-state index is 13.3. The van der Waals surface area contributed by atoms with E-state index in [2.05, 4.69) is 39.6 Å². The monoisotopic (exact) mass is 461 g/mol. The minimum atomic E-state index is -0.650. The van der Waals surface area contributed by atoms with Crippen LogP contribution in [0, 0.1) is 5.92 Å². The maximum atomic E-state index is 13.3. The molecule has 3 aromatic rings. The van der Waals surface area contributed by atoms with Crippen LogP contribution in [0.3, 0.4) is 0 Å². The Morgan fingerprint density at radius 3 is 2.32 bits per heavy atom.